The molecule has 4 aliphatic carbocycles. The van der Waals surface area contributed by atoms with Gasteiger partial charge < -0.3 is 19.7 Å². The summed E-state index contributed by atoms with van der Waals surface area (Å²) in [5.74, 6) is 2.24. The number of fused-ring (bicyclic) bond motifs is 2. The van der Waals surface area contributed by atoms with E-state index in [1.54, 1.807) is 0 Å². The highest BCUT2D eigenvalue weighted by atomic mass is 16.6. The van der Waals surface area contributed by atoms with Crippen molar-refractivity contribution >= 4 is 11.8 Å². The molecule has 6 fully saturated rings. The topological polar surface area (TPSA) is 93.1 Å². The zero-order valence-electron chi connectivity index (χ0n) is 22.1. The van der Waals surface area contributed by atoms with E-state index < -0.39 is 35.8 Å². The number of rotatable bonds is 7. The zero-order valence-corrected chi connectivity index (χ0v) is 22.1. The normalized spacial score (nSPS) is 47.2. The largest absolute Gasteiger partial charge is 0.461 e. The maximum absolute atomic E-state index is 13.8. The van der Waals surface area contributed by atoms with E-state index in [0.29, 0.717) is 37.2 Å². The SMILES string of the molecule is CC(C)CCC[C@@H](C)[C@H]1CC[C@H]2[C@@H]3[C@H]4OC[C@@]5(CC[C@H](OC(=O)CO)C[C@]5(O)C4=O)[C@H]3CC[C@]12C. The van der Waals surface area contributed by atoms with Gasteiger partial charge in [-0.3, -0.25) is 4.79 Å². The van der Waals surface area contributed by atoms with Gasteiger partial charge in [0.05, 0.1) is 6.61 Å². The highest BCUT2D eigenvalue weighted by Gasteiger charge is 2.75. The van der Waals surface area contributed by atoms with Gasteiger partial charge in [-0.15, -0.1) is 0 Å². The van der Waals surface area contributed by atoms with Crippen LogP contribution in [0.25, 0.3) is 0 Å². The molecular formula is C29H46O6. The van der Waals surface area contributed by atoms with E-state index in [1.807, 2.05) is 0 Å². The maximum Gasteiger partial charge on any atom is 0.332 e. The van der Waals surface area contributed by atoms with Crippen LogP contribution in [-0.2, 0) is 19.1 Å². The Morgan fingerprint density at radius 2 is 1.89 bits per heavy atom. The predicted octanol–water partition coefficient (Wildman–Crippen LogP) is 4.29. The number of aliphatic hydroxyl groups is 2. The Bertz CT molecular complexity index is 841. The van der Waals surface area contributed by atoms with Crippen LogP contribution in [0.15, 0.2) is 0 Å². The van der Waals surface area contributed by atoms with Gasteiger partial charge >= 0.3 is 5.97 Å². The zero-order chi connectivity index (χ0) is 25.2. The molecule has 2 heterocycles. The molecule has 10 atom stereocenters. The minimum atomic E-state index is -1.49. The third-order valence-electron chi connectivity index (χ3n) is 11.5. The monoisotopic (exact) mass is 490 g/mol. The van der Waals surface area contributed by atoms with Gasteiger partial charge in [0.15, 0.2) is 5.78 Å². The minimum Gasteiger partial charge on any atom is -0.461 e. The lowest BCUT2D eigenvalue weighted by molar-refractivity contribution is -0.296. The number of hydrogen-bond donors (Lipinski definition) is 2. The summed E-state index contributed by atoms with van der Waals surface area (Å²) in [5, 5.41) is 21.0. The van der Waals surface area contributed by atoms with Gasteiger partial charge in [-0.1, -0.05) is 47.0 Å². The van der Waals surface area contributed by atoms with Crippen molar-refractivity contribution in [1.82, 2.24) is 0 Å². The smallest absolute Gasteiger partial charge is 0.332 e. The van der Waals surface area contributed by atoms with E-state index >= 15 is 0 Å². The van der Waals surface area contributed by atoms with Crippen molar-refractivity contribution in [3.63, 3.8) is 0 Å². The van der Waals surface area contributed by atoms with E-state index in [9.17, 15) is 14.7 Å². The van der Waals surface area contributed by atoms with Gasteiger partial charge in [0.2, 0.25) is 0 Å². The first-order valence-corrected chi connectivity index (χ1v) is 14.3. The first kappa shape index (κ1) is 25.7. The van der Waals surface area contributed by atoms with Crippen LogP contribution in [0.5, 0.6) is 0 Å². The number of aliphatic hydroxyl groups excluding tert-OH is 1. The number of ether oxygens (including phenoxy) is 2. The number of carbonyl (C=O) groups is 2. The van der Waals surface area contributed by atoms with Crippen LogP contribution in [0.4, 0.5) is 0 Å². The second kappa shape index (κ2) is 9.09. The fourth-order valence-corrected chi connectivity index (χ4v) is 9.84. The van der Waals surface area contributed by atoms with Crippen molar-refractivity contribution in [2.45, 2.75) is 110 Å². The van der Waals surface area contributed by atoms with Crippen molar-refractivity contribution in [3.8, 4) is 0 Å². The Balaban J connectivity index is 1.37. The van der Waals surface area contributed by atoms with Gasteiger partial charge in [-0.2, -0.15) is 0 Å². The summed E-state index contributed by atoms with van der Waals surface area (Å²) in [6.07, 6.45) is 8.80. The quantitative estimate of drug-likeness (QED) is 0.517. The molecule has 0 aromatic carbocycles. The molecule has 4 saturated carbocycles. The highest BCUT2D eigenvalue weighted by Crippen LogP contribution is 2.70. The molecule has 0 amide bonds. The Labute approximate surface area is 210 Å². The van der Waals surface area contributed by atoms with Crippen molar-refractivity contribution in [3.05, 3.63) is 0 Å². The third kappa shape index (κ3) is 3.75. The van der Waals surface area contributed by atoms with Gasteiger partial charge in [0.1, 0.15) is 24.4 Å². The van der Waals surface area contributed by atoms with E-state index in [0.717, 1.165) is 18.8 Å². The maximum atomic E-state index is 13.8. The lowest BCUT2D eigenvalue weighted by Gasteiger charge is -2.68. The fourth-order valence-electron chi connectivity index (χ4n) is 9.84. The van der Waals surface area contributed by atoms with Crippen LogP contribution in [0.1, 0.15) is 91.9 Å². The Morgan fingerprint density at radius 3 is 2.60 bits per heavy atom. The van der Waals surface area contributed by atoms with Gasteiger partial charge in [-0.25, -0.2) is 4.79 Å². The summed E-state index contributed by atoms with van der Waals surface area (Å²) in [4.78, 5) is 25.5. The first-order valence-electron chi connectivity index (χ1n) is 14.3. The van der Waals surface area contributed by atoms with Crippen LogP contribution in [0, 0.1) is 46.3 Å². The molecule has 0 aromatic rings. The van der Waals surface area contributed by atoms with Crippen LogP contribution in [0.3, 0.4) is 0 Å². The van der Waals surface area contributed by atoms with E-state index in [-0.39, 0.29) is 29.5 Å². The molecule has 2 N–H and O–H groups in total. The Kier molecular flexibility index (Phi) is 6.67. The highest BCUT2D eigenvalue weighted by molar-refractivity contribution is 5.94. The lowest BCUT2D eigenvalue weighted by Crippen LogP contribution is -2.78. The van der Waals surface area contributed by atoms with Crippen molar-refractivity contribution in [2.24, 2.45) is 46.3 Å². The molecular weight excluding hydrogens is 444 g/mol. The predicted molar refractivity (Wildman–Crippen MR) is 131 cm³/mol. The molecule has 6 nitrogen and oxygen atoms in total. The number of esters is 1. The standard InChI is InChI=1S/C29H46O6/c1-17(2)6-5-7-18(3)20-8-9-21-24-22(11-12-27(20,21)4)28-13-10-19(35-23(31)15-30)14-29(28,33)26(32)25(24)34-16-28/h17-22,24-25,30,33H,5-16H2,1-4H3/t18-,19+,20-,21+,22+,24+,25-,27-,28+,29+/m1/s1. The lowest BCUT2D eigenvalue weighted by atomic mass is 9.40. The van der Waals surface area contributed by atoms with Crippen LogP contribution < -0.4 is 0 Å². The number of carbonyl (C=O) groups excluding carboxylic acids is 2. The van der Waals surface area contributed by atoms with Crippen molar-refractivity contribution in [1.29, 1.82) is 0 Å². The molecule has 6 heteroatoms. The van der Waals surface area contributed by atoms with Gasteiger partial charge in [-0.05, 0) is 79.4 Å². The molecule has 2 saturated heterocycles. The molecule has 2 aliphatic heterocycles. The number of hydrogen-bond acceptors (Lipinski definition) is 6. The number of Topliss-reactive ketones (excluding diaryl/α,β-unsaturated/α-hetero) is 1. The van der Waals surface area contributed by atoms with Gasteiger partial charge in [0, 0.05) is 11.8 Å². The Morgan fingerprint density at radius 1 is 1.11 bits per heavy atom. The molecule has 6 rings (SSSR count). The first-order chi connectivity index (χ1) is 16.6. The van der Waals surface area contributed by atoms with Crippen molar-refractivity contribution in [2.75, 3.05) is 13.2 Å². The van der Waals surface area contributed by atoms with E-state index in [4.69, 9.17) is 14.6 Å². The molecule has 0 radical (unpaired) electrons. The van der Waals surface area contributed by atoms with Gasteiger partial charge in [0.25, 0.3) is 0 Å². The minimum absolute atomic E-state index is 0.137. The molecule has 0 unspecified atom stereocenters. The summed E-state index contributed by atoms with van der Waals surface area (Å²) < 4.78 is 11.7. The molecule has 6 aliphatic rings. The second-order valence-electron chi connectivity index (χ2n) is 13.4. The van der Waals surface area contributed by atoms with Crippen molar-refractivity contribution < 1.29 is 29.3 Å². The summed E-state index contributed by atoms with van der Waals surface area (Å²) >= 11 is 0. The molecule has 0 aromatic heterocycles. The molecule has 198 valence electrons. The van der Waals surface area contributed by atoms with E-state index in [2.05, 4.69) is 27.7 Å². The average molecular weight is 491 g/mol. The summed E-state index contributed by atoms with van der Waals surface area (Å²) in [6, 6.07) is 0. The third-order valence-corrected chi connectivity index (χ3v) is 11.5. The molecule has 35 heavy (non-hydrogen) atoms. The van der Waals surface area contributed by atoms with Crippen LogP contribution >= 0.6 is 0 Å². The second-order valence-corrected chi connectivity index (χ2v) is 13.4. The van der Waals surface area contributed by atoms with Crippen LogP contribution in [0.2, 0.25) is 0 Å². The average Bonchev–Trinajstić information content (AvgIpc) is 3.17. The molecule has 2 bridgehead atoms. The molecule has 1 spiro atoms. The summed E-state index contributed by atoms with van der Waals surface area (Å²) in [5.41, 5.74) is -1.83. The summed E-state index contributed by atoms with van der Waals surface area (Å²) in [7, 11) is 0. The van der Waals surface area contributed by atoms with Crippen LogP contribution in [-0.4, -0.2) is 53.0 Å². The fraction of sp³-hybridized carbons (Fsp3) is 0.931. The van der Waals surface area contributed by atoms with E-state index in [1.165, 1.54) is 32.1 Å². The Hall–Kier alpha value is -0.980. The number of ketones is 1. The summed E-state index contributed by atoms with van der Waals surface area (Å²) in [6.45, 7) is 9.30.